The van der Waals surface area contributed by atoms with E-state index < -0.39 is 9.84 Å². The summed E-state index contributed by atoms with van der Waals surface area (Å²) in [6, 6.07) is 21.6. The first-order valence-corrected chi connectivity index (χ1v) is 15.6. The molecule has 2 aliphatic rings. The molecule has 1 fully saturated rings. The van der Waals surface area contributed by atoms with Crippen molar-refractivity contribution in [3.8, 4) is 5.75 Å². The Bertz CT molecular complexity index is 1340. The van der Waals surface area contributed by atoms with Gasteiger partial charge in [0.1, 0.15) is 5.75 Å². The molecule has 4 nitrogen and oxygen atoms in total. The van der Waals surface area contributed by atoms with Crippen molar-refractivity contribution in [3.63, 3.8) is 0 Å². The molecule has 1 heterocycles. The molecule has 0 spiro atoms. The molecule has 8 heteroatoms. The molecule has 0 amide bonds. The average Bonchev–Trinajstić information content (AvgIpc) is 2.91. The third-order valence-corrected chi connectivity index (χ3v) is 10.2. The predicted molar refractivity (Wildman–Crippen MR) is 158 cm³/mol. The fourth-order valence-corrected chi connectivity index (χ4v) is 7.30. The highest BCUT2D eigenvalue weighted by Gasteiger charge is 2.47. The number of sulfone groups is 1. The van der Waals surface area contributed by atoms with Crippen LogP contribution in [-0.2, 0) is 28.1 Å². The molecule has 3 aromatic carbocycles. The molecule has 0 bridgehead atoms. The van der Waals surface area contributed by atoms with Gasteiger partial charge in [0.2, 0.25) is 0 Å². The van der Waals surface area contributed by atoms with E-state index in [1.807, 2.05) is 18.2 Å². The minimum Gasteiger partial charge on any atom is -0.494 e. The predicted octanol–water partition coefficient (Wildman–Crippen LogP) is 7.22. The van der Waals surface area contributed by atoms with Gasteiger partial charge in [0.05, 0.1) is 23.9 Å². The Morgan fingerprint density at radius 2 is 1.74 bits per heavy atom. The average molecular weight is 593 g/mol. The van der Waals surface area contributed by atoms with E-state index in [2.05, 4.69) is 29.6 Å². The van der Waals surface area contributed by atoms with Crippen LogP contribution < -0.4 is 10.1 Å². The van der Waals surface area contributed by atoms with Gasteiger partial charge in [-0.2, -0.15) is 0 Å². The van der Waals surface area contributed by atoms with Gasteiger partial charge in [-0.3, -0.25) is 4.39 Å². The zero-order valence-corrected chi connectivity index (χ0v) is 24.4. The molecule has 0 saturated heterocycles. The summed E-state index contributed by atoms with van der Waals surface area (Å²) in [7, 11) is -3.40. The van der Waals surface area contributed by atoms with Crippen molar-refractivity contribution in [2.75, 3.05) is 25.6 Å². The van der Waals surface area contributed by atoms with Gasteiger partial charge in [0.25, 0.3) is 0 Å². The number of fused-ring (bicyclic) bond motifs is 1. The van der Waals surface area contributed by atoms with E-state index >= 15 is 0 Å². The van der Waals surface area contributed by atoms with E-state index in [4.69, 9.17) is 16.3 Å². The number of ether oxygens (including phenoxy) is 1. The van der Waals surface area contributed by atoms with Gasteiger partial charge in [-0.25, -0.2) is 8.42 Å². The van der Waals surface area contributed by atoms with Crippen molar-refractivity contribution >= 4 is 33.8 Å². The summed E-state index contributed by atoms with van der Waals surface area (Å²) in [5.74, 6) is 0.795. The molecule has 1 atom stereocenters. The molecule has 1 aliphatic heterocycles. The zero-order valence-electron chi connectivity index (χ0n) is 22.0. The SMILES string of the molecule is Cl.O=S(=O)(CCCOc1ccc2c(c1)C(C1(c3ccc(Cl)cc3)CCC1)NCC2)c1ccc(CCCF)cc1. The number of aryl methyl sites for hydroxylation is 1. The van der Waals surface area contributed by atoms with Crippen molar-refractivity contribution in [2.45, 2.75) is 61.3 Å². The van der Waals surface area contributed by atoms with Crippen molar-refractivity contribution in [2.24, 2.45) is 0 Å². The van der Waals surface area contributed by atoms with E-state index in [1.54, 1.807) is 24.3 Å². The van der Waals surface area contributed by atoms with Gasteiger partial charge in [-0.05, 0) is 104 Å². The summed E-state index contributed by atoms with van der Waals surface area (Å²) >= 11 is 6.18. The van der Waals surface area contributed by atoms with Gasteiger partial charge in [-0.15, -0.1) is 12.4 Å². The lowest BCUT2D eigenvalue weighted by Crippen LogP contribution is -2.49. The van der Waals surface area contributed by atoms with E-state index in [1.165, 1.54) is 23.1 Å². The molecule has 1 saturated carbocycles. The van der Waals surface area contributed by atoms with Crippen LogP contribution in [0.1, 0.15) is 60.4 Å². The summed E-state index contributed by atoms with van der Waals surface area (Å²) in [6.07, 6.45) is 5.92. The molecular formula is C31H36Cl2FNO3S. The first kappa shape index (κ1) is 29.9. The highest BCUT2D eigenvalue weighted by molar-refractivity contribution is 7.91. The topological polar surface area (TPSA) is 55.4 Å². The van der Waals surface area contributed by atoms with Crippen LogP contribution in [0.2, 0.25) is 5.02 Å². The maximum absolute atomic E-state index is 12.8. The first-order chi connectivity index (χ1) is 18.4. The van der Waals surface area contributed by atoms with Crippen LogP contribution in [-0.4, -0.2) is 34.0 Å². The molecule has 210 valence electrons. The molecule has 0 radical (unpaired) electrons. The molecule has 1 aliphatic carbocycles. The number of alkyl halides is 1. The normalized spacial score (nSPS) is 17.9. The van der Waals surface area contributed by atoms with Gasteiger partial charge < -0.3 is 10.1 Å². The van der Waals surface area contributed by atoms with Crippen molar-refractivity contribution in [1.82, 2.24) is 5.32 Å². The highest BCUT2D eigenvalue weighted by atomic mass is 35.5. The maximum Gasteiger partial charge on any atom is 0.178 e. The van der Waals surface area contributed by atoms with Crippen LogP contribution in [0.4, 0.5) is 4.39 Å². The monoisotopic (exact) mass is 591 g/mol. The summed E-state index contributed by atoms with van der Waals surface area (Å²) in [6.45, 7) is 0.902. The van der Waals surface area contributed by atoms with Gasteiger partial charge in [0.15, 0.2) is 9.84 Å². The Labute approximate surface area is 242 Å². The van der Waals surface area contributed by atoms with Crippen LogP contribution in [0, 0.1) is 0 Å². The number of hydrogen-bond donors (Lipinski definition) is 1. The van der Waals surface area contributed by atoms with Crippen LogP contribution >= 0.6 is 24.0 Å². The largest absolute Gasteiger partial charge is 0.494 e. The fraction of sp³-hybridized carbons (Fsp3) is 0.419. The van der Waals surface area contributed by atoms with Crippen LogP contribution in [0.5, 0.6) is 5.75 Å². The standard InChI is InChI=1S/C31H35ClFNO3S.ClH/c32-26-10-8-25(9-11-26)31(16-2-17-31)30-29-22-27(12-7-24(29)15-19-34-30)37-20-3-21-38(35,36)28-13-5-23(6-14-28)4-1-18-33;/h5-14,22,30,34H,1-4,15-21H2;1H. The van der Waals surface area contributed by atoms with Gasteiger partial charge in [-0.1, -0.05) is 48.4 Å². The van der Waals surface area contributed by atoms with E-state index in [0.29, 0.717) is 30.8 Å². The summed E-state index contributed by atoms with van der Waals surface area (Å²) < 4.78 is 44.0. The second-order valence-electron chi connectivity index (χ2n) is 10.5. The Balaban J connectivity index is 0.00000353. The smallest absolute Gasteiger partial charge is 0.178 e. The van der Waals surface area contributed by atoms with E-state index in [-0.39, 0.29) is 36.3 Å². The molecule has 5 rings (SSSR count). The zero-order chi connectivity index (χ0) is 26.6. The Morgan fingerprint density at radius 1 is 1.00 bits per heavy atom. The second kappa shape index (κ2) is 13.0. The Hall–Kier alpha value is -2.12. The third-order valence-electron chi connectivity index (χ3n) is 8.10. The maximum atomic E-state index is 12.8. The van der Waals surface area contributed by atoms with E-state index in [0.717, 1.165) is 42.1 Å². The number of nitrogens with one attached hydrogen (secondary N) is 1. The highest BCUT2D eigenvalue weighted by Crippen LogP contribution is 2.53. The Morgan fingerprint density at radius 3 is 2.41 bits per heavy atom. The summed E-state index contributed by atoms with van der Waals surface area (Å²) in [4.78, 5) is 0.303. The van der Waals surface area contributed by atoms with Crippen LogP contribution in [0.15, 0.2) is 71.6 Å². The lowest BCUT2D eigenvalue weighted by Gasteiger charge is -2.50. The molecule has 39 heavy (non-hydrogen) atoms. The number of halogens is 3. The molecular weight excluding hydrogens is 556 g/mol. The summed E-state index contributed by atoms with van der Waals surface area (Å²) in [5.41, 5.74) is 4.95. The molecule has 1 unspecified atom stereocenters. The molecule has 3 aromatic rings. The number of hydrogen-bond acceptors (Lipinski definition) is 4. The van der Waals surface area contributed by atoms with Crippen molar-refractivity contribution in [1.29, 1.82) is 0 Å². The van der Waals surface area contributed by atoms with Gasteiger partial charge in [0, 0.05) is 16.5 Å². The Kier molecular flexibility index (Phi) is 9.97. The third kappa shape index (κ3) is 6.62. The fourth-order valence-electron chi connectivity index (χ4n) is 5.89. The lowest BCUT2D eigenvalue weighted by molar-refractivity contribution is 0.164. The molecule has 1 N–H and O–H groups in total. The number of rotatable bonds is 11. The van der Waals surface area contributed by atoms with Crippen molar-refractivity contribution in [3.05, 3.63) is 94.0 Å². The lowest BCUT2D eigenvalue weighted by atomic mass is 9.58. The van der Waals surface area contributed by atoms with Crippen LogP contribution in [0.3, 0.4) is 0 Å². The minimum absolute atomic E-state index is 0. The quantitative estimate of drug-likeness (QED) is 0.239. The van der Waals surface area contributed by atoms with Crippen molar-refractivity contribution < 1.29 is 17.5 Å². The second-order valence-corrected chi connectivity index (χ2v) is 13.0. The van der Waals surface area contributed by atoms with Gasteiger partial charge >= 0.3 is 0 Å². The first-order valence-electron chi connectivity index (χ1n) is 13.5. The summed E-state index contributed by atoms with van der Waals surface area (Å²) in [5, 5.41) is 4.55. The minimum atomic E-state index is -3.40. The number of benzene rings is 3. The van der Waals surface area contributed by atoms with Crippen LogP contribution in [0.25, 0.3) is 0 Å². The van der Waals surface area contributed by atoms with E-state index in [9.17, 15) is 12.8 Å². The molecule has 0 aromatic heterocycles.